The number of hydrogen-bond acceptors (Lipinski definition) is 0. The van der Waals surface area contributed by atoms with Gasteiger partial charge in [-0.2, -0.15) is 0 Å². The Labute approximate surface area is 429 Å². The summed E-state index contributed by atoms with van der Waals surface area (Å²) in [7, 11) is 0. The van der Waals surface area contributed by atoms with E-state index in [1.54, 1.807) is 0 Å². The summed E-state index contributed by atoms with van der Waals surface area (Å²) in [5.41, 5.74) is 25.6. The molecule has 0 heterocycles. The third-order valence-electron chi connectivity index (χ3n) is 15.4. The highest BCUT2D eigenvalue weighted by Gasteiger charge is 2.50. The Hall–Kier alpha value is -9.10. The lowest BCUT2D eigenvalue weighted by molar-refractivity contribution is 0.464. The summed E-state index contributed by atoms with van der Waals surface area (Å²) < 4.78 is 0. The Bertz CT molecular complexity index is 3640. The van der Waals surface area contributed by atoms with Crippen LogP contribution in [-0.2, 0) is 5.41 Å². The molecule has 2 aliphatic rings. The summed E-state index contributed by atoms with van der Waals surface area (Å²) in [5, 5.41) is 0. The number of fused-ring (bicyclic) bond motifs is 3. The van der Waals surface area contributed by atoms with Gasteiger partial charge in [-0.1, -0.05) is 279 Å². The summed E-state index contributed by atoms with van der Waals surface area (Å²) in [4.78, 5) is 0. The van der Waals surface area contributed by atoms with E-state index in [9.17, 15) is 0 Å². The van der Waals surface area contributed by atoms with Crippen molar-refractivity contribution in [2.45, 2.75) is 11.8 Å². The fraction of sp³-hybridized carbons (Fsp3) is 0.0411. The van der Waals surface area contributed by atoms with E-state index in [2.05, 4.69) is 297 Å². The van der Waals surface area contributed by atoms with Gasteiger partial charge < -0.3 is 0 Å². The number of hydrogen-bond donors (Lipinski definition) is 0. The molecule has 2 aliphatic carbocycles. The maximum atomic E-state index is 2.62. The molecule has 0 aliphatic heterocycles. The van der Waals surface area contributed by atoms with Gasteiger partial charge in [0.15, 0.2) is 0 Å². The lowest BCUT2D eigenvalue weighted by Crippen LogP contribution is -2.36. The Morgan fingerprint density at radius 3 is 0.945 bits per heavy atom. The lowest BCUT2D eigenvalue weighted by Gasteiger charge is -2.42. The molecule has 0 nitrogen and oxygen atoms in total. The fourth-order valence-electron chi connectivity index (χ4n) is 11.8. The molecule has 13 rings (SSSR count). The molecule has 0 amide bonds. The second-order valence-electron chi connectivity index (χ2n) is 19.6. The SMILES string of the molecule is C1=C(c2ccc(-c3ccccc3)cc2)C=C(c2ccc(-c3ccccc3)cc2)CC1C1(c2cc(-c3ccc(-c4ccccc4)cc3)cc(-c3ccc(-c4ccccc4)cc3)c2)c2ccccc2-c2ccccc21. The van der Waals surface area contributed by atoms with Crippen LogP contribution in [0.1, 0.15) is 34.2 Å². The first-order valence-corrected chi connectivity index (χ1v) is 25.6. The van der Waals surface area contributed by atoms with Gasteiger partial charge in [0.25, 0.3) is 0 Å². The van der Waals surface area contributed by atoms with Crippen LogP contribution in [0.4, 0.5) is 0 Å². The van der Waals surface area contributed by atoms with Gasteiger partial charge >= 0.3 is 0 Å². The molecule has 0 bridgehead atoms. The van der Waals surface area contributed by atoms with Gasteiger partial charge in [-0.05, 0) is 147 Å². The second-order valence-corrected chi connectivity index (χ2v) is 19.6. The summed E-state index contributed by atoms with van der Waals surface area (Å²) in [5.74, 6) is 0.0268. The van der Waals surface area contributed by atoms with E-state index in [4.69, 9.17) is 0 Å². The van der Waals surface area contributed by atoms with Gasteiger partial charge in [0.05, 0.1) is 5.41 Å². The van der Waals surface area contributed by atoms with Crippen molar-refractivity contribution in [3.8, 4) is 77.9 Å². The quantitative estimate of drug-likeness (QED) is 0.128. The van der Waals surface area contributed by atoms with Gasteiger partial charge in [0.1, 0.15) is 0 Å². The van der Waals surface area contributed by atoms with E-state index in [0.717, 1.165) is 6.42 Å². The van der Waals surface area contributed by atoms with Crippen LogP contribution in [0.15, 0.2) is 297 Å². The first-order valence-electron chi connectivity index (χ1n) is 25.6. The zero-order valence-electron chi connectivity index (χ0n) is 40.6. The van der Waals surface area contributed by atoms with E-state index in [0.29, 0.717) is 0 Å². The summed E-state index contributed by atoms with van der Waals surface area (Å²) in [6, 6.07) is 106. The molecular weight excluding hydrogens is 877 g/mol. The summed E-state index contributed by atoms with van der Waals surface area (Å²) in [6.07, 6.45) is 5.93. The second kappa shape index (κ2) is 18.9. The van der Waals surface area contributed by atoms with E-state index < -0.39 is 5.41 Å². The van der Waals surface area contributed by atoms with Gasteiger partial charge in [-0.15, -0.1) is 0 Å². The number of allylic oxidation sites excluding steroid dienone is 4. The topological polar surface area (TPSA) is 0 Å². The predicted octanol–water partition coefficient (Wildman–Crippen LogP) is 19.2. The van der Waals surface area contributed by atoms with Crippen molar-refractivity contribution in [2.24, 2.45) is 5.92 Å². The maximum Gasteiger partial charge on any atom is 0.0529 e. The van der Waals surface area contributed by atoms with Gasteiger partial charge in [0, 0.05) is 0 Å². The van der Waals surface area contributed by atoms with E-state index in [-0.39, 0.29) is 5.92 Å². The van der Waals surface area contributed by atoms with Gasteiger partial charge in [-0.3, -0.25) is 0 Å². The number of rotatable bonds is 10. The molecule has 73 heavy (non-hydrogen) atoms. The van der Waals surface area contributed by atoms with Crippen molar-refractivity contribution in [1.82, 2.24) is 0 Å². The minimum Gasteiger partial charge on any atom is -0.0716 e. The van der Waals surface area contributed by atoms with Crippen LogP contribution in [-0.4, -0.2) is 0 Å². The first-order chi connectivity index (χ1) is 36.2. The van der Waals surface area contributed by atoms with Crippen LogP contribution >= 0.6 is 0 Å². The molecule has 0 aromatic heterocycles. The van der Waals surface area contributed by atoms with E-state index in [1.165, 1.54) is 117 Å². The Balaban J connectivity index is 1.03. The van der Waals surface area contributed by atoms with Crippen LogP contribution in [0.3, 0.4) is 0 Å². The highest BCUT2D eigenvalue weighted by Crippen LogP contribution is 2.60. The monoisotopic (exact) mass is 928 g/mol. The lowest BCUT2D eigenvalue weighted by atomic mass is 9.60. The van der Waals surface area contributed by atoms with Crippen molar-refractivity contribution in [3.05, 3.63) is 325 Å². The van der Waals surface area contributed by atoms with Crippen LogP contribution in [0.5, 0.6) is 0 Å². The van der Waals surface area contributed by atoms with Crippen LogP contribution < -0.4 is 0 Å². The van der Waals surface area contributed by atoms with Crippen LogP contribution in [0, 0.1) is 5.92 Å². The summed E-state index contributed by atoms with van der Waals surface area (Å²) >= 11 is 0. The standard InChI is InChI=1S/C73H52/c1-5-17-51(18-6-1)55-29-37-59(38-30-55)63-45-64(60-39-31-56(32-40-60)52-19-7-2-8-20-52)48-67(47-63)73(71-27-15-13-25-69(71)70-26-14-16-28-72(70)73)68-49-65(61-41-33-57(34-42-61)53-21-9-3-10-22-53)46-66(50-68)62-43-35-58(36-44-62)54-23-11-4-12-24-54/h1-49,68H,50H2. The minimum atomic E-state index is -0.565. The Morgan fingerprint density at radius 2 is 0.562 bits per heavy atom. The molecule has 0 spiro atoms. The molecule has 11 aromatic rings. The third-order valence-corrected chi connectivity index (χ3v) is 15.4. The molecule has 0 heteroatoms. The normalized spacial score (nSPS) is 14.4. The molecule has 0 saturated heterocycles. The zero-order valence-corrected chi connectivity index (χ0v) is 40.6. The van der Waals surface area contributed by atoms with Crippen molar-refractivity contribution >= 4 is 11.1 Å². The average molecular weight is 929 g/mol. The Kier molecular flexibility index (Phi) is 11.4. The third kappa shape index (κ3) is 8.18. The fourth-order valence-corrected chi connectivity index (χ4v) is 11.8. The molecule has 0 radical (unpaired) electrons. The molecule has 1 atom stereocenters. The molecule has 11 aromatic carbocycles. The van der Waals surface area contributed by atoms with Crippen molar-refractivity contribution in [1.29, 1.82) is 0 Å². The van der Waals surface area contributed by atoms with Crippen LogP contribution in [0.25, 0.3) is 89.0 Å². The first kappa shape index (κ1) is 43.9. The smallest absolute Gasteiger partial charge is 0.0529 e. The van der Waals surface area contributed by atoms with Gasteiger partial charge in [-0.25, -0.2) is 0 Å². The zero-order chi connectivity index (χ0) is 48.6. The molecule has 0 N–H and O–H groups in total. The number of benzene rings is 11. The van der Waals surface area contributed by atoms with E-state index in [1.807, 2.05) is 0 Å². The largest absolute Gasteiger partial charge is 0.0716 e. The van der Waals surface area contributed by atoms with Crippen molar-refractivity contribution in [2.75, 3.05) is 0 Å². The molecule has 0 fully saturated rings. The Morgan fingerprint density at radius 1 is 0.260 bits per heavy atom. The minimum absolute atomic E-state index is 0.0268. The molecule has 0 saturated carbocycles. The average Bonchev–Trinajstić information content (AvgIpc) is 3.79. The van der Waals surface area contributed by atoms with Gasteiger partial charge in [0.2, 0.25) is 0 Å². The summed E-state index contributed by atoms with van der Waals surface area (Å²) in [6.45, 7) is 0. The molecular formula is C73H52. The van der Waals surface area contributed by atoms with Crippen molar-refractivity contribution in [3.63, 3.8) is 0 Å². The maximum absolute atomic E-state index is 2.62. The van der Waals surface area contributed by atoms with Crippen LogP contribution in [0.2, 0.25) is 0 Å². The highest BCUT2D eigenvalue weighted by molar-refractivity contribution is 5.91. The van der Waals surface area contributed by atoms with Crippen molar-refractivity contribution < 1.29 is 0 Å². The molecule has 1 unspecified atom stereocenters. The van der Waals surface area contributed by atoms with E-state index >= 15 is 0 Å². The molecule has 344 valence electrons. The highest BCUT2D eigenvalue weighted by atomic mass is 14.5. The predicted molar refractivity (Wildman–Crippen MR) is 308 cm³/mol.